The molecular formula is C20H32LuO8. The largest absolute Gasteiger partial charge is 0.512 e. The van der Waals surface area contributed by atoms with E-state index in [0.29, 0.717) is 0 Å². The van der Waals surface area contributed by atoms with Crippen molar-refractivity contribution in [2.75, 3.05) is 0 Å². The zero-order valence-electron chi connectivity index (χ0n) is 18.0. The Labute approximate surface area is 201 Å². The normalized spacial score (nSPS) is 11.0. The van der Waals surface area contributed by atoms with Crippen molar-refractivity contribution in [1.29, 1.82) is 0 Å². The van der Waals surface area contributed by atoms with Crippen molar-refractivity contribution in [2.24, 2.45) is 0 Å². The number of carbonyl (C=O) groups excluding carboxylic acids is 4. The zero-order valence-corrected chi connectivity index (χ0v) is 19.6. The molecule has 9 heteroatoms. The molecule has 4 N–H and O–H groups in total. The Balaban J connectivity index is -0.0000000873. The second-order valence-corrected chi connectivity index (χ2v) is 5.59. The summed E-state index contributed by atoms with van der Waals surface area (Å²) in [6, 6.07) is 0. The zero-order chi connectivity index (χ0) is 23.4. The Morgan fingerprint density at radius 2 is 0.517 bits per heavy atom. The molecule has 0 aliphatic heterocycles. The maximum Gasteiger partial charge on any atom is 0.155 e. The Morgan fingerprint density at radius 1 is 0.414 bits per heavy atom. The fraction of sp³-hybridized carbons (Fsp3) is 0.400. The summed E-state index contributed by atoms with van der Waals surface area (Å²) < 4.78 is 0. The van der Waals surface area contributed by atoms with E-state index in [-0.39, 0.29) is 83.0 Å². The van der Waals surface area contributed by atoms with Crippen molar-refractivity contribution < 1.29 is 76.5 Å². The number of aliphatic hydroxyl groups is 4. The average molecular weight is 575 g/mol. The van der Waals surface area contributed by atoms with Crippen LogP contribution >= 0.6 is 0 Å². The molecule has 0 atom stereocenters. The van der Waals surface area contributed by atoms with Gasteiger partial charge in [0.05, 0.1) is 23.0 Å². The predicted molar refractivity (Wildman–Crippen MR) is 108 cm³/mol. The van der Waals surface area contributed by atoms with Crippen LogP contribution < -0.4 is 0 Å². The number of aliphatic hydroxyl groups excluding tert-OH is 4. The molecule has 0 aromatic heterocycles. The van der Waals surface area contributed by atoms with Crippen LogP contribution in [0.1, 0.15) is 55.4 Å². The van der Waals surface area contributed by atoms with E-state index in [1.807, 2.05) is 0 Å². The molecule has 0 aromatic rings. The Hall–Kier alpha value is -1.93. The standard InChI is InChI=1S/4C5H8O2.Lu/c4*1-4(6)3-5(2)7;/h4*3,6H,1-2H3;. The summed E-state index contributed by atoms with van der Waals surface area (Å²) in [5, 5.41) is 33.5. The fourth-order valence-electron chi connectivity index (χ4n) is 1.18. The van der Waals surface area contributed by atoms with E-state index >= 15 is 0 Å². The third kappa shape index (κ3) is 76.3. The second kappa shape index (κ2) is 24.1. The van der Waals surface area contributed by atoms with Gasteiger partial charge in [0.15, 0.2) is 23.1 Å². The molecule has 0 saturated carbocycles. The maximum atomic E-state index is 10.0. The van der Waals surface area contributed by atoms with Crippen LogP contribution in [0.5, 0.6) is 0 Å². The van der Waals surface area contributed by atoms with Crippen molar-refractivity contribution >= 4 is 23.1 Å². The molecule has 0 heterocycles. The number of hydrogen-bond acceptors (Lipinski definition) is 8. The smallest absolute Gasteiger partial charge is 0.155 e. The van der Waals surface area contributed by atoms with Gasteiger partial charge in [-0.15, -0.1) is 0 Å². The van der Waals surface area contributed by atoms with Gasteiger partial charge in [0.1, 0.15) is 0 Å². The van der Waals surface area contributed by atoms with Crippen LogP contribution in [0.2, 0.25) is 0 Å². The van der Waals surface area contributed by atoms with Gasteiger partial charge in [-0.05, 0) is 55.4 Å². The van der Waals surface area contributed by atoms with Crippen molar-refractivity contribution in [3.05, 3.63) is 47.3 Å². The van der Waals surface area contributed by atoms with E-state index < -0.39 is 0 Å². The van der Waals surface area contributed by atoms with Gasteiger partial charge in [0.25, 0.3) is 0 Å². The van der Waals surface area contributed by atoms with Gasteiger partial charge in [-0.1, -0.05) is 0 Å². The van der Waals surface area contributed by atoms with Crippen LogP contribution in [0.4, 0.5) is 0 Å². The Bertz CT molecular complexity index is 513. The number of carbonyl (C=O) groups is 4. The van der Waals surface area contributed by atoms with Crippen molar-refractivity contribution in [1.82, 2.24) is 0 Å². The number of allylic oxidation sites excluding steroid dienone is 8. The molecule has 1 radical (unpaired) electrons. The van der Waals surface area contributed by atoms with Crippen molar-refractivity contribution in [3.63, 3.8) is 0 Å². The van der Waals surface area contributed by atoms with Crippen LogP contribution in [-0.4, -0.2) is 43.6 Å². The summed E-state index contributed by atoms with van der Waals surface area (Å²) in [4.78, 5) is 40.1. The summed E-state index contributed by atoms with van der Waals surface area (Å²) >= 11 is 0. The average Bonchev–Trinajstić information content (AvgIpc) is 2.32. The topological polar surface area (TPSA) is 149 Å². The quantitative estimate of drug-likeness (QED) is 0.289. The van der Waals surface area contributed by atoms with Gasteiger partial charge in [-0.3, -0.25) is 19.2 Å². The molecule has 29 heavy (non-hydrogen) atoms. The van der Waals surface area contributed by atoms with Crippen molar-refractivity contribution in [2.45, 2.75) is 55.4 Å². The van der Waals surface area contributed by atoms with Crippen LogP contribution in [0.25, 0.3) is 0 Å². The summed E-state index contributed by atoms with van der Waals surface area (Å²) in [5.74, 6) is -0.250. The maximum absolute atomic E-state index is 10.0. The van der Waals surface area contributed by atoms with E-state index in [0.717, 1.165) is 0 Å². The molecule has 0 rings (SSSR count). The third-order valence-electron chi connectivity index (χ3n) is 1.65. The molecule has 0 amide bonds. The minimum Gasteiger partial charge on any atom is -0.512 e. The second-order valence-electron chi connectivity index (χ2n) is 5.59. The molecule has 175 valence electrons. The molecule has 0 fully saturated rings. The molecule has 0 aliphatic rings. The molecule has 0 aromatic carbocycles. The molecular weight excluding hydrogens is 543 g/mol. The third-order valence-corrected chi connectivity index (χ3v) is 1.65. The summed E-state index contributed by atoms with van der Waals surface area (Å²) in [6.07, 6.45) is 4.67. The predicted octanol–water partition coefficient (Wildman–Crippen LogP) is 4.15. The SMILES string of the molecule is CC(=O)C=C(C)O.CC(=O)C=C(C)O.CC(=O)C=C(C)O.CC(=O)C=C(C)O.[Lu]. The summed E-state index contributed by atoms with van der Waals surface area (Å²) in [7, 11) is 0. The van der Waals surface area contributed by atoms with E-state index in [2.05, 4.69) is 0 Å². The van der Waals surface area contributed by atoms with Crippen LogP contribution in [0.15, 0.2) is 47.3 Å². The Morgan fingerprint density at radius 3 is 0.517 bits per heavy atom. The van der Waals surface area contributed by atoms with Crippen molar-refractivity contribution in [3.8, 4) is 0 Å². The number of hydrogen-bond donors (Lipinski definition) is 4. The van der Waals surface area contributed by atoms with E-state index in [1.165, 1.54) is 79.7 Å². The first-order valence-electron chi connectivity index (χ1n) is 8.02. The molecule has 8 nitrogen and oxygen atoms in total. The van der Waals surface area contributed by atoms with E-state index in [4.69, 9.17) is 20.4 Å². The molecule has 0 bridgehead atoms. The number of ketones is 4. The minimum absolute atomic E-state index is 0. The first-order valence-corrected chi connectivity index (χ1v) is 8.02. The molecule has 0 aliphatic carbocycles. The molecule has 0 spiro atoms. The van der Waals surface area contributed by atoms with Gasteiger partial charge in [0.2, 0.25) is 0 Å². The van der Waals surface area contributed by atoms with Gasteiger partial charge in [-0.2, -0.15) is 0 Å². The summed E-state index contributed by atoms with van der Waals surface area (Å²) in [5.41, 5.74) is 0. The number of rotatable bonds is 4. The first kappa shape index (κ1) is 37.8. The van der Waals surface area contributed by atoms with Crippen LogP contribution in [0.3, 0.4) is 0 Å². The van der Waals surface area contributed by atoms with Crippen LogP contribution in [0, 0.1) is 36.9 Å². The molecule has 0 unspecified atom stereocenters. The fourth-order valence-corrected chi connectivity index (χ4v) is 1.18. The van der Waals surface area contributed by atoms with Gasteiger partial charge < -0.3 is 20.4 Å². The van der Waals surface area contributed by atoms with E-state index in [1.54, 1.807) is 0 Å². The Kier molecular flexibility index (Phi) is 31.4. The van der Waals surface area contributed by atoms with Crippen LogP contribution in [-0.2, 0) is 19.2 Å². The van der Waals surface area contributed by atoms with Gasteiger partial charge >= 0.3 is 0 Å². The molecule has 0 saturated heterocycles. The first-order chi connectivity index (χ1) is 12.5. The van der Waals surface area contributed by atoms with Gasteiger partial charge in [-0.25, -0.2) is 0 Å². The van der Waals surface area contributed by atoms with Gasteiger partial charge in [0, 0.05) is 61.2 Å². The minimum atomic E-state index is -0.125. The van der Waals surface area contributed by atoms with E-state index in [9.17, 15) is 19.2 Å². The summed E-state index contributed by atoms with van der Waals surface area (Å²) in [6.45, 7) is 11.4. The monoisotopic (exact) mass is 575 g/mol.